The second-order valence-corrected chi connectivity index (χ2v) is 11.4. The van der Waals surface area contributed by atoms with Gasteiger partial charge in [0, 0.05) is 0 Å². The van der Waals surface area contributed by atoms with Crippen LogP contribution in [-0.2, 0) is 0 Å². The Morgan fingerprint density at radius 3 is 2.00 bits per heavy atom. The number of halogens is 6. The molecule has 0 spiro atoms. The van der Waals surface area contributed by atoms with Crippen molar-refractivity contribution in [3.8, 4) is 0 Å². The standard InChI is InChI=1S/C24H38F6O3/c1-19(2,32)11-6-12-20(3,13-7-15-22(33,23(25,26)27)24(28,29)30)18-10-9-16-17(31)8-5-14-21(16,18)4/h7,15-18,31-33H,5-6,8-14H2,1-4H3/b15-7+/t16-,17-,18+,20?,21+/m0/s1. The summed E-state index contributed by atoms with van der Waals surface area (Å²) in [6, 6.07) is 0. The molecule has 1 unspecified atom stereocenters. The second kappa shape index (κ2) is 9.34. The van der Waals surface area contributed by atoms with Crippen LogP contribution in [-0.4, -0.2) is 45.0 Å². The van der Waals surface area contributed by atoms with Crippen LogP contribution in [0.5, 0.6) is 0 Å². The van der Waals surface area contributed by atoms with Gasteiger partial charge in [-0.1, -0.05) is 32.8 Å². The lowest BCUT2D eigenvalue weighted by atomic mass is 9.56. The molecule has 3 nitrogen and oxygen atoms in total. The topological polar surface area (TPSA) is 60.7 Å². The van der Waals surface area contributed by atoms with Crippen molar-refractivity contribution >= 4 is 0 Å². The highest BCUT2D eigenvalue weighted by Gasteiger charge is 2.69. The molecule has 9 heteroatoms. The first-order valence-corrected chi connectivity index (χ1v) is 11.7. The van der Waals surface area contributed by atoms with Crippen LogP contribution in [0.3, 0.4) is 0 Å². The van der Waals surface area contributed by atoms with Crippen molar-refractivity contribution in [3.05, 3.63) is 12.2 Å². The largest absolute Gasteiger partial charge is 0.429 e. The van der Waals surface area contributed by atoms with Crippen molar-refractivity contribution in [2.75, 3.05) is 0 Å². The number of alkyl halides is 6. The number of hydrogen-bond acceptors (Lipinski definition) is 3. The number of hydrogen-bond donors (Lipinski definition) is 3. The van der Waals surface area contributed by atoms with E-state index in [1.807, 2.05) is 6.92 Å². The van der Waals surface area contributed by atoms with E-state index in [1.165, 1.54) is 0 Å². The number of rotatable bonds is 8. The van der Waals surface area contributed by atoms with E-state index in [2.05, 4.69) is 6.92 Å². The van der Waals surface area contributed by atoms with E-state index in [0.29, 0.717) is 25.7 Å². The maximum atomic E-state index is 13.1. The normalized spacial score (nSPS) is 31.6. The fourth-order valence-electron chi connectivity index (χ4n) is 6.49. The minimum atomic E-state index is -5.89. The molecule has 0 aromatic heterocycles. The van der Waals surface area contributed by atoms with Crippen molar-refractivity contribution in [1.29, 1.82) is 0 Å². The molecule has 0 saturated heterocycles. The Morgan fingerprint density at radius 2 is 1.48 bits per heavy atom. The van der Waals surface area contributed by atoms with Crippen LogP contribution >= 0.6 is 0 Å². The molecule has 2 fully saturated rings. The Labute approximate surface area is 192 Å². The molecular weight excluding hydrogens is 450 g/mol. The van der Waals surface area contributed by atoms with Crippen LogP contribution in [0.1, 0.15) is 85.5 Å². The Hall–Kier alpha value is -0.800. The Kier molecular flexibility index (Phi) is 8.05. The minimum absolute atomic E-state index is 0.0127. The monoisotopic (exact) mass is 488 g/mol. The highest BCUT2D eigenvalue weighted by Crippen LogP contribution is 2.62. The van der Waals surface area contributed by atoms with E-state index in [1.54, 1.807) is 13.8 Å². The van der Waals surface area contributed by atoms with Gasteiger partial charge >= 0.3 is 12.4 Å². The van der Waals surface area contributed by atoms with Gasteiger partial charge in [0.1, 0.15) is 0 Å². The Bertz CT molecular complexity index is 682. The van der Waals surface area contributed by atoms with Crippen molar-refractivity contribution in [2.45, 2.75) is 115 Å². The van der Waals surface area contributed by atoms with Gasteiger partial charge in [0.25, 0.3) is 5.60 Å². The van der Waals surface area contributed by atoms with E-state index < -0.39 is 35.1 Å². The molecule has 2 aliphatic carbocycles. The highest BCUT2D eigenvalue weighted by molar-refractivity contribution is 5.13. The maximum absolute atomic E-state index is 13.1. The average Bonchev–Trinajstić information content (AvgIpc) is 2.97. The van der Waals surface area contributed by atoms with Crippen molar-refractivity contribution in [1.82, 2.24) is 0 Å². The van der Waals surface area contributed by atoms with Crippen molar-refractivity contribution in [2.24, 2.45) is 22.7 Å². The number of aliphatic hydroxyl groups excluding tert-OH is 1. The molecule has 0 aromatic rings. The molecule has 194 valence electrons. The fraction of sp³-hybridized carbons (Fsp3) is 0.917. The van der Waals surface area contributed by atoms with E-state index >= 15 is 0 Å². The Balaban J connectivity index is 2.35. The first kappa shape index (κ1) is 28.4. The number of fused-ring (bicyclic) bond motifs is 1. The summed E-state index contributed by atoms with van der Waals surface area (Å²) >= 11 is 0. The molecule has 5 atom stereocenters. The Morgan fingerprint density at radius 1 is 0.909 bits per heavy atom. The van der Waals surface area contributed by atoms with Gasteiger partial charge in [0.15, 0.2) is 0 Å². The zero-order chi connectivity index (χ0) is 25.5. The molecule has 2 aliphatic rings. The van der Waals surface area contributed by atoms with Crippen LogP contribution in [0, 0.1) is 22.7 Å². The van der Waals surface area contributed by atoms with E-state index in [0.717, 1.165) is 31.8 Å². The minimum Gasteiger partial charge on any atom is -0.393 e. The zero-order valence-corrected chi connectivity index (χ0v) is 19.9. The first-order chi connectivity index (χ1) is 14.8. The van der Waals surface area contributed by atoms with Crippen LogP contribution < -0.4 is 0 Å². The van der Waals surface area contributed by atoms with Crippen molar-refractivity contribution < 1.29 is 41.7 Å². The van der Waals surface area contributed by atoms with Crippen LogP contribution in [0.4, 0.5) is 26.3 Å². The smallest absolute Gasteiger partial charge is 0.393 e. The predicted octanol–water partition coefficient (Wildman–Crippen LogP) is 6.31. The molecule has 2 saturated carbocycles. The van der Waals surface area contributed by atoms with Crippen molar-refractivity contribution in [3.63, 3.8) is 0 Å². The summed E-state index contributed by atoms with van der Waals surface area (Å²) in [6.07, 6.45) is -6.29. The molecule has 3 N–H and O–H groups in total. The second-order valence-electron chi connectivity index (χ2n) is 11.4. The predicted molar refractivity (Wildman–Crippen MR) is 113 cm³/mol. The summed E-state index contributed by atoms with van der Waals surface area (Å²) in [5, 5.41) is 30.1. The van der Waals surface area contributed by atoms with E-state index in [-0.39, 0.29) is 29.7 Å². The van der Waals surface area contributed by atoms with Crippen LogP contribution in [0.2, 0.25) is 0 Å². The van der Waals surface area contributed by atoms with Gasteiger partial charge in [-0.2, -0.15) is 26.3 Å². The SMILES string of the molecule is CC(C)(O)CCCC(C)(C/C=C/C(O)(C(F)(F)F)C(F)(F)F)[C@H]1CC[C@H]2[C@@H](O)CCC[C@@]12C. The summed E-state index contributed by atoms with van der Waals surface area (Å²) in [6.45, 7) is 7.27. The van der Waals surface area contributed by atoms with E-state index in [9.17, 15) is 41.7 Å². The zero-order valence-electron chi connectivity index (χ0n) is 19.9. The molecule has 0 heterocycles. The van der Waals surface area contributed by atoms with Gasteiger partial charge in [-0.25, -0.2) is 0 Å². The maximum Gasteiger partial charge on any atom is 0.429 e. The molecule has 0 aliphatic heterocycles. The summed E-state index contributed by atoms with van der Waals surface area (Å²) in [4.78, 5) is 0. The molecule has 33 heavy (non-hydrogen) atoms. The quantitative estimate of drug-likeness (QED) is 0.277. The van der Waals surface area contributed by atoms with Gasteiger partial charge in [-0.15, -0.1) is 0 Å². The number of allylic oxidation sites excluding steroid dienone is 1. The van der Waals surface area contributed by atoms with Gasteiger partial charge in [0.2, 0.25) is 0 Å². The lowest BCUT2D eigenvalue weighted by Crippen LogP contribution is -2.55. The molecule has 0 amide bonds. The highest BCUT2D eigenvalue weighted by atomic mass is 19.4. The van der Waals surface area contributed by atoms with Crippen LogP contribution in [0.15, 0.2) is 12.2 Å². The van der Waals surface area contributed by atoms with Gasteiger partial charge in [-0.05, 0) is 87.5 Å². The summed E-state index contributed by atoms with van der Waals surface area (Å²) < 4.78 is 78.6. The first-order valence-electron chi connectivity index (χ1n) is 11.7. The molecule has 0 bridgehead atoms. The summed E-state index contributed by atoms with van der Waals surface area (Å²) in [7, 11) is 0. The van der Waals surface area contributed by atoms with E-state index in [4.69, 9.17) is 0 Å². The molecule has 0 radical (unpaired) electrons. The third-order valence-corrected chi connectivity index (χ3v) is 8.27. The van der Waals surface area contributed by atoms with Gasteiger partial charge < -0.3 is 15.3 Å². The van der Waals surface area contributed by atoms with Gasteiger partial charge in [-0.3, -0.25) is 0 Å². The number of aliphatic hydroxyl groups is 3. The average molecular weight is 489 g/mol. The third-order valence-electron chi connectivity index (χ3n) is 8.27. The summed E-state index contributed by atoms with van der Waals surface area (Å²) in [5.74, 6) is 0.0393. The lowest BCUT2D eigenvalue weighted by Gasteiger charge is -2.50. The van der Waals surface area contributed by atoms with Gasteiger partial charge in [0.05, 0.1) is 11.7 Å². The fourth-order valence-corrected chi connectivity index (χ4v) is 6.49. The molecular formula is C24H38F6O3. The summed E-state index contributed by atoms with van der Waals surface area (Å²) in [5.41, 5.74) is -6.76. The lowest BCUT2D eigenvalue weighted by molar-refractivity contribution is -0.347. The molecule has 2 rings (SSSR count). The third kappa shape index (κ3) is 5.89. The van der Waals surface area contributed by atoms with Crippen LogP contribution in [0.25, 0.3) is 0 Å². The molecule has 0 aromatic carbocycles.